The van der Waals surface area contributed by atoms with Gasteiger partial charge in [0.25, 0.3) is 5.91 Å². The van der Waals surface area contributed by atoms with Gasteiger partial charge in [-0.25, -0.2) is 13.1 Å². The second-order valence-electron chi connectivity index (χ2n) is 5.18. The van der Waals surface area contributed by atoms with Gasteiger partial charge in [0.2, 0.25) is 10.0 Å². The lowest BCUT2D eigenvalue weighted by Crippen LogP contribution is -2.26. The van der Waals surface area contributed by atoms with Gasteiger partial charge in [-0.05, 0) is 42.5 Å². The predicted octanol–water partition coefficient (Wildman–Crippen LogP) is 2.12. The van der Waals surface area contributed by atoms with E-state index in [0.29, 0.717) is 5.56 Å². The standard InChI is InChI=1S/C15H16N2O3S2/c18-15(17-12-6-7-12)11-3-1-5-14(9-11)22(19,20)16-10-13-4-2-8-21-13/h1-5,8-9,12,16H,6-7,10H2,(H,17,18). The monoisotopic (exact) mass is 336 g/mol. The molecule has 1 fully saturated rings. The first kappa shape index (κ1) is 15.2. The lowest BCUT2D eigenvalue weighted by atomic mass is 10.2. The maximum atomic E-state index is 12.3. The number of sulfonamides is 1. The minimum absolute atomic E-state index is 0.104. The molecule has 7 heteroatoms. The molecule has 1 saturated carbocycles. The van der Waals surface area contributed by atoms with Crippen molar-refractivity contribution in [3.05, 3.63) is 52.2 Å². The normalized spacial score (nSPS) is 14.7. The molecule has 0 aliphatic heterocycles. The lowest BCUT2D eigenvalue weighted by molar-refractivity contribution is 0.0951. The second-order valence-corrected chi connectivity index (χ2v) is 7.98. The van der Waals surface area contributed by atoms with E-state index in [1.807, 2.05) is 17.5 Å². The third kappa shape index (κ3) is 3.73. The molecule has 1 heterocycles. The van der Waals surface area contributed by atoms with E-state index in [2.05, 4.69) is 10.0 Å². The number of rotatable bonds is 6. The quantitative estimate of drug-likeness (QED) is 0.848. The number of carbonyl (C=O) groups is 1. The topological polar surface area (TPSA) is 75.3 Å². The van der Waals surface area contributed by atoms with Gasteiger partial charge >= 0.3 is 0 Å². The molecular weight excluding hydrogens is 320 g/mol. The Morgan fingerprint density at radius 2 is 2.05 bits per heavy atom. The van der Waals surface area contributed by atoms with E-state index < -0.39 is 10.0 Å². The van der Waals surface area contributed by atoms with Gasteiger partial charge in [-0.3, -0.25) is 4.79 Å². The van der Waals surface area contributed by atoms with Gasteiger partial charge < -0.3 is 5.32 Å². The third-order valence-corrected chi connectivity index (χ3v) is 5.61. The van der Waals surface area contributed by atoms with E-state index >= 15 is 0 Å². The number of amides is 1. The van der Waals surface area contributed by atoms with Gasteiger partial charge in [-0.1, -0.05) is 12.1 Å². The molecule has 1 aliphatic rings. The molecule has 3 rings (SSSR count). The van der Waals surface area contributed by atoms with Crippen LogP contribution in [0.15, 0.2) is 46.7 Å². The van der Waals surface area contributed by atoms with Crippen LogP contribution in [0.4, 0.5) is 0 Å². The zero-order valence-electron chi connectivity index (χ0n) is 11.8. The van der Waals surface area contributed by atoms with Crippen molar-refractivity contribution >= 4 is 27.3 Å². The molecule has 22 heavy (non-hydrogen) atoms. The summed E-state index contributed by atoms with van der Waals surface area (Å²) in [5, 5.41) is 4.75. The van der Waals surface area contributed by atoms with Gasteiger partial charge in [-0.2, -0.15) is 0 Å². The summed E-state index contributed by atoms with van der Waals surface area (Å²) >= 11 is 1.49. The second kappa shape index (κ2) is 6.20. The van der Waals surface area contributed by atoms with Crippen molar-refractivity contribution < 1.29 is 13.2 Å². The number of thiophene rings is 1. The number of nitrogens with one attached hydrogen (secondary N) is 2. The van der Waals surface area contributed by atoms with Gasteiger partial charge in [0, 0.05) is 23.0 Å². The highest BCUT2D eigenvalue weighted by molar-refractivity contribution is 7.89. The van der Waals surface area contributed by atoms with E-state index in [1.54, 1.807) is 12.1 Å². The van der Waals surface area contributed by atoms with Crippen LogP contribution in [0.5, 0.6) is 0 Å². The summed E-state index contributed by atoms with van der Waals surface area (Å²) in [4.78, 5) is 13.0. The van der Waals surface area contributed by atoms with Crippen molar-refractivity contribution in [3.63, 3.8) is 0 Å². The average molecular weight is 336 g/mol. The molecule has 0 saturated heterocycles. The maximum Gasteiger partial charge on any atom is 0.251 e. The Hall–Kier alpha value is -1.70. The van der Waals surface area contributed by atoms with E-state index in [4.69, 9.17) is 0 Å². The zero-order valence-corrected chi connectivity index (χ0v) is 13.4. The van der Waals surface area contributed by atoms with Crippen LogP contribution >= 0.6 is 11.3 Å². The highest BCUT2D eigenvalue weighted by Gasteiger charge is 2.24. The van der Waals surface area contributed by atoms with Crippen LogP contribution in [-0.4, -0.2) is 20.4 Å². The van der Waals surface area contributed by atoms with Crippen molar-refractivity contribution in [2.45, 2.75) is 30.3 Å². The van der Waals surface area contributed by atoms with Crippen LogP contribution in [-0.2, 0) is 16.6 Å². The smallest absolute Gasteiger partial charge is 0.251 e. The molecule has 0 radical (unpaired) electrons. The van der Waals surface area contributed by atoms with Crippen LogP contribution in [0.1, 0.15) is 28.1 Å². The summed E-state index contributed by atoms with van der Waals surface area (Å²) in [7, 11) is -3.63. The summed E-state index contributed by atoms with van der Waals surface area (Å²) in [6.45, 7) is 0.249. The van der Waals surface area contributed by atoms with E-state index in [0.717, 1.165) is 17.7 Å². The third-order valence-electron chi connectivity index (χ3n) is 3.34. The molecular formula is C15H16N2O3S2. The Bertz CT molecular complexity index is 766. The summed E-state index contributed by atoms with van der Waals surface area (Å²) in [5.74, 6) is -0.224. The summed E-state index contributed by atoms with van der Waals surface area (Å²) in [6, 6.07) is 10.1. The zero-order chi connectivity index (χ0) is 15.6. The molecule has 0 atom stereocenters. The van der Waals surface area contributed by atoms with Crippen molar-refractivity contribution in [2.24, 2.45) is 0 Å². The first-order valence-electron chi connectivity index (χ1n) is 6.97. The Morgan fingerprint density at radius 3 is 2.73 bits per heavy atom. The fourth-order valence-electron chi connectivity index (χ4n) is 1.96. The van der Waals surface area contributed by atoms with E-state index in [9.17, 15) is 13.2 Å². The van der Waals surface area contributed by atoms with Crippen LogP contribution in [0.2, 0.25) is 0 Å². The average Bonchev–Trinajstić information content (AvgIpc) is 3.16. The summed E-state index contributed by atoms with van der Waals surface area (Å²) in [6.07, 6.45) is 1.98. The predicted molar refractivity (Wildman–Crippen MR) is 85.3 cm³/mol. The molecule has 1 aliphatic carbocycles. The van der Waals surface area contributed by atoms with Crippen LogP contribution in [0, 0.1) is 0 Å². The molecule has 2 N–H and O–H groups in total. The van der Waals surface area contributed by atoms with Gasteiger partial charge in [0.1, 0.15) is 0 Å². The first-order chi connectivity index (χ1) is 10.5. The highest BCUT2D eigenvalue weighted by Crippen LogP contribution is 2.20. The molecule has 116 valence electrons. The van der Waals surface area contributed by atoms with Crippen molar-refractivity contribution in [1.29, 1.82) is 0 Å². The lowest BCUT2D eigenvalue weighted by Gasteiger charge is -2.08. The number of carbonyl (C=O) groups excluding carboxylic acids is 1. The summed E-state index contributed by atoms with van der Waals surface area (Å²) in [5.41, 5.74) is 0.367. The number of hydrogen-bond donors (Lipinski definition) is 2. The molecule has 0 unspecified atom stereocenters. The first-order valence-corrected chi connectivity index (χ1v) is 9.34. The van der Waals surface area contributed by atoms with Crippen LogP contribution < -0.4 is 10.0 Å². The van der Waals surface area contributed by atoms with E-state index in [1.165, 1.54) is 23.5 Å². The Balaban J connectivity index is 1.73. The SMILES string of the molecule is O=C(NC1CC1)c1cccc(S(=O)(=O)NCc2cccs2)c1. The number of hydrogen-bond acceptors (Lipinski definition) is 4. The molecule has 1 aromatic heterocycles. The van der Waals surface area contributed by atoms with Crippen molar-refractivity contribution in [3.8, 4) is 0 Å². The van der Waals surface area contributed by atoms with Gasteiger partial charge in [0.15, 0.2) is 0 Å². The summed E-state index contributed by atoms with van der Waals surface area (Å²) < 4.78 is 27.1. The molecule has 1 amide bonds. The molecule has 1 aromatic carbocycles. The molecule has 5 nitrogen and oxygen atoms in total. The largest absolute Gasteiger partial charge is 0.349 e. The Kier molecular flexibility index (Phi) is 4.28. The molecule has 0 spiro atoms. The van der Waals surface area contributed by atoms with Crippen LogP contribution in [0.25, 0.3) is 0 Å². The van der Waals surface area contributed by atoms with Gasteiger partial charge in [0.05, 0.1) is 4.90 Å². The number of benzene rings is 1. The maximum absolute atomic E-state index is 12.3. The minimum Gasteiger partial charge on any atom is -0.349 e. The van der Waals surface area contributed by atoms with Crippen molar-refractivity contribution in [1.82, 2.24) is 10.0 Å². The fraction of sp³-hybridized carbons (Fsp3) is 0.267. The Labute approximate surface area is 133 Å². The molecule has 2 aromatic rings. The minimum atomic E-state index is -3.63. The van der Waals surface area contributed by atoms with Gasteiger partial charge in [-0.15, -0.1) is 11.3 Å². The Morgan fingerprint density at radius 1 is 1.23 bits per heavy atom. The van der Waals surface area contributed by atoms with Crippen molar-refractivity contribution in [2.75, 3.05) is 0 Å². The highest BCUT2D eigenvalue weighted by atomic mass is 32.2. The van der Waals surface area contributed by atoms with Crippen LogP contribution in [0.3, 0.4) is 0 Å². The van der Waals surface area contributed by atoms with E-state index in [-0.39, 0.29) is 23.4 Å². The fourth-order valence-corrected chi connectivity index (χ4v) is 3.75. The molecule has 0 bridgehead atoms.